The van der Waals surface area contributed by atoms with Crippen LogP contribution in [0, 0.1) is 0 Å². The summed E-state index contributed by atoms with van der Waals surface area (Å²) in [5.41, 5.74) is 0.959. The monoisotopic (exact) mass is 254 g/mol. The fourth-order valence-corrected chi connectivity index (χ4v) is 1.41. The van der Waals surface area contributed by atoms with Crippen LogP contribution in [0.5, 0.6) is 0 Å². The van der Waals surface area contributed by atoms with Crippen molar-refractivity contribution in [1.29, 1.82) is 0 Å². The maximum absolute atomic E-state index is 11.4. The molecule has 0 bridgehead atoms. The average molecular weight is 254 g/mol. The minimum atomic E-state index is -1.29. The largest absolute Gasteiger partial charge is 0.394 e. The van der Waals surface area contributed by atoms with Gasteiger partial charge < -0.3 is 20.1 Å². The molecule has 3 N–H and O–H groups in total. The quantitative estimate of drug-likeness (QED) is 0.602. The smallest absolute Gasteiger partial charge is 0.161 e. The number of benzene rings is 1. The lowest BCUT2D eigenvalue weighted by Crippen LogP contribution is -2.32. The molecular formula is C13H18O5. The third kappa shape index (κ3) is 5.37. The molecule has 1 rings (SSSR count). The van der Waals surface area contributed by atoms with E-state index in [0.717, 1.165) is 5.56 Å². The normalized spacial score (nSPS) is 14.2. The van der Waals surface area contributed by atoms with Gasteiger partial charge in [0.25, 0.3) is 0 Å². The van der Waals surface area contributed by atoms with Gasteiger partial charge in [0, 0.05) is 6.42 Å². The molecule has 0 unspecified atom stereocenters. The molecule has 5 nitrogen and oxygen atoms in total. The third-order valence-electron chi connectivity index (χ3n) is 2.44. The number of ether oxygens (including phenoxy) is 1. The van der Waals surface area contributed by atoms with E-state index in [1.807, 2.05) is 30.3 Å². The van der Waals surface area contributed by atoms with Crippen molar-refractivity contribution in [3.8, 4) is 0 Å². The van der Waals surface area contributed by atoms with Crippen molar-refractivity contribution in [1.82, 2.24) is 0 Å². The van der Waals surface area contributed by atoms with Crippen molar-refractivity contribution in [3.63, 3.8) is 0 Å². The van der Waals surface area contributed by atoms with E-state index in [0.29, 0.717) is 6.61 Å². The highest BCUT2D eigenvalue weighted by molar-refractivity contribution is 5.80. The lowest BCUT2D eigenvalue weighted by molar-refractivity contribution is -0.128. The Balaban J connectivity index is 2.21. The van der Waals surface area contributed by atoms with Crippen LogP contribution >= 0.6 is 0 Å². The van der Waals surface area contributed by atoms with Crippen molar-refractivity contribution in [2.45, 2.75) is 25.2 Å². The SMILES string of the molecule is O=C(COCc1ccccc1)C[C@H](O)[C@H](O)CO. The zero-order valence-electron chi connectivity index (χ0n) is 10.0. The number of hydrogen-bond donors (Lipinski definition) is 3. The Morgan fingerprint density at radius 2 is 1.83 bits per heavy atom. The summed E-state index contributed by atoms with van der Waals surface area (Å²) in [4.78, 5) is 11.4. The number of hydrogen-bond acceptors (Lipinski definition) is 5. The predicted octanol–water partition coefficient (Wildman–Crippen LogP) is -0.123. The molecule has 0 aromatic heterocycles. The summed E-state index contributed by atoms with van der Waals surface area (Å²) < 4.78 is 5.19. The molecular weight excluding hydrogens is 236 g/mol. The lowest BCUT2D eigenvalue weighted by Gasteiger charge is -2.14. The molecule has 2 atom stereocenters. The first kappa shape index (κ1) is 14.8. The van der Waals surface area contributed by atoms with Crippen LogP contribution in [0.15, 0.2) is 30.3 Å². The molecule has 0 aliphatic heterocycles. The Kier molecular flexibility index (Phi) is 6.53. The van der Waals surface area contributed by atoms with Crippen LogP contribution in [0.3, 0.4) is 0 Å². The van der Waals surface area contributed by atoms with Gasteiger partial charge in [0.1, 0.15) is 12.7 Å². The van der Waals surface area contributed by atoms with E-state index in [9.17, 15) is 9.90 Å². The van der Waals surface area contributed by atoms with Crippen molar-refractivity contribution in [2.24, 2.45) is 0 Å². The number of carbonyl (C=O) groups excluding carboxylic acids is 1. The molecule has 1 aromatic rings. The Hall–Kier alpha value is -1.27. The highest BCUT2D eigenvalue weighted by Crippen LogP contribution is 2.03. The van der Waals surface area contributed by atoms with Gasteiger partial charge in [-0.2, -0.15) is 0 Å². The molecule has 0 aliphatic rings. The Bertz CT molecular complexity index is 352. The number of aliphatic hydroxyl groups is 3. The van der Waals surface area contributed by atoms with Gasteiger partial charge in [-0.3, -0.25) is 4.79 Å². The molecule has 0 saturated carbocycles. The zero-order chi connectivity index (χ0) is 13.4. The maximum atomic E-state index is 11.4. The van der Waals surface area contributed by atoms with Crippen LogP contribution in [0.4, 0.5) is 0 Å². The van der Waals surface area contributed by atoms with Gasteiger partial charge in [-0.1, -0.05) is 30.3 Å². The number of ketones is 1. The molecule has 18 heavy (non-hydrogen) atoms. The third-order valence-corrected chi connectivity index (χ3v) is 2.44. The molecule has 0 spiro atoms. The van der Waals surface area contributed by atoms with Crippen LogP contribution in [0.2, 0.25) is 0 Å². The maximum Gasteiger partial charge on any atom is 0.161 e. The summed E-state index contributed by atoms with van der Waals surface area (Å²) in [6.45, 7) is -0.366. The van der Waals surface area contributed by atoms with E-state index in [4.69, 9.17) is 14.9 Å². The van der Waals surface area contributed by atoms with Gasteiger partial charge in [0.15, 0.2) is 5.78 Å². The van der Waals surface area contributed by atoms with Gasteiger partial charge in [-0.05, 0) is 5.56 Å². The number of carbonyl (C=O) groups is 1. The standard InChI is InChI=1S/C13H18O5/c14-7-13(17)12(16)6-11(15)9-18-8-10-4-2-1-3-5-10/h1-5,12-14,16-17H,6-9H2/t12-,13+/m0/s1. The second kappa shape index (κ2) is 7.94. The van der Waals surface area contributed by atoms with E-state index in [-0.39, 0.29) is 18.8 Å². The van der Waals surface area contributed by atoms with Crippen molar-refractivity contribution in [2.75, 3.05) is 13.2 Å². The summed E-state index contributed by atoms with van der Waals surface area (Å²) in [7, 11) is 0. The molecule has 100 valence electrons. The van der Waals surface area contributed by atoms with Gasteiger partial charge in [0.2, 0.25) is 0 Å². The van der Waals surface area contributed by atoms with Crippen LogP contribution in [0.25, 0.3) is 0 Å². The summed E-state index contributed by atoms with van der Waals surface area (Å²) in [6, 6.07) is 9.41. The zero-order valence-corrected chi connectivity index (χ0v) is 10.0. The van der Waals surface area contributed by atoms with E-state index in [2.05, 4.69) is 0 Å². The lowest BCUT2D eigenvalue weighted by atomic mass is 10.1. The topological polar surface area (TPSA) is 87.0 Å². The molecule has 0 radical (unpaired) electrons. The fourth-order valence-electron chi connectivity index (χ4n) is 1.41. The van der Waals surface area contributed by atoms with Crippen LogP contribution in [-0.2, 0) is 16.1 Å². The van der Waals surface area contributed by atoms with E-state index < -0.39 is 18.8 Å². The first-order valence-electron chi connectivity index (χ1n) is 5.74. The van der Waals surface area contributed by atoms with Gasteiger partial charge in [-0.25, -0.2) is 0 Å². The number of Topliss-reactive ketones (excluding diaryl/α,β-unsaturated/α-hetero) is 1. The fraction of sp³-hybridized carbons (Fsp3) is 0.462. The molecule has 1 aromatic carbocycles. The molecule has 0 saturated heterocycles. The Morgan fingerprint density at radius 3 is 2.44 bits per heavy atom. The van der Waals surface area contributed by atoms with Gasteiger partial charge >= 0.3 is 0 Å². The molecule has 5 heteroatoms. The van der Waals surface area contributed by atoms with Crippen molar-refractivity contribution >= 4 is 5.78 Å². The highest BCUT2D eigenvalue weighted by Gasteiger charge is 2.18. The number of rotatable bonds is 8. The minimum absolute atomic E-state index is 0.121. The molecule has 0 aliphatic carbocycles. The van der Waals surface area contributed by atoms with E-state index in [1.165, 1.54) is 0 Å². The molecule has 0 heterocycles. The van der Waals surface area contributed by atoms with E-state index in [1.54, 1.807) is 0 Å². The Morgan fingerprint density at radius 1 is 1.17 bits per heavy atom. The van der Waals surface area contributed by atoms with Crippen LogP contribution < -0.4 is 0 Å². The van der Waals surface area contributed by atoms with Gasteiger partial charge in [0.05, 0.1) is 19.3 Å². The van der Waals surface area contributed by atoms with Crippen LogP contribution in [-0.4, -0.2) is 46.5 Å². The van der Waals surface area contributed by atoms with Crippen molar-refractivity contribution < 1.29 is 24.9 Å². The Labute approximate surface area is 106 Å². The highest BCUT2D eigenvalue weighted by atomic mass is 16.5. The molecule has 0 fully saturated rings. The first-order valence-corrected chi connectivity index (χ1v) is 5.74. The van der Waals surface area contributed by atoms with Crippen LogP contribution in [0.1, 0.15) is 12.0 Å². The predicted molar refractivity (Wildman–Crippen MR) is 64.8 cm³/mol. The van der Waals surface area contributed by atoms with E-state index >= 15 is 0 Å². The molecule has 0 amide bonds. The van der Waals surface area contributed by atoms with Crippen molar-refractivity contribution in [3.05, 3.63) is 35.9 Å². The average Bonchev–Trinajstić information content (AvgIpc) is 2.38. The second-order valence-corrected chi connectivity index (χ2v) is 4.04. The second-order valence-electron chi connectivity index (χ2n) is 4.04. The summed E-state index contributed by atoms with van der Waals surface area (Å²) in [6.07, 6.45) is -2.76. The first-order chi connectivity index (χ1) is 8.63. The number of aliphatic hydroxyl groups excluding tert-OH is 3. The summed E-state index contributed by atoms with van der Waals surface area (Å²) in [5, 5.41) is 27.0. The van der Waals surface area contributed by atoms with Gasteiger partial charge in [-0.15, -0.1) is 0 Å². The summed E-state index contributed by atoms with van der Waals surface area (Å²) >= 11 is 0. The minimum Gasteiger partial charge on any atom is -0.394 e. The summed E-state index contributed by atoms with van der Waals surface area (Å²) in [5.74, 6) is -0.314.